The van der Waals surface area contributed by atoms with Crippen LogP contribution < -0.4 is 5.32 Å². The molecular formula is C11H21N3O. The lowest BCUT2D eigenvalue weighted by molar-refractivity contribution is 0.0425. The molecule has 2 N–H and O–H groups in total. The van der Waals surface area contributed by atoms with E-state index in [0.29, 0.717) is 12.5 Å². The Balaban J connectivity index is 2.51. The first-order chi connectivity index (χ1) is 6.92. The summed E-state index contributed by atoms with van der Waals surface area (Å²) in [6.07, 6.45) is 2.52. The lowest BCUT2D eigenvalue weighted by atomic mass is 9.98. The quantitative estimate of drug-likeness (QED) is 0.764. The van der Waals surface area contributed by atoms with Crippen molar-refractivity contribution in [2.24, 2.45) is 7.05 Å². The highest BCUT2D eigenvalue weighted by molar-refractivity contribution is 5.08. The Hall–Kier alpha value is -0.870. The van der Waals surface area contributed by atoms with Crippen LogP contribution in [0.25, 0.3) is 0 Å². The molecule has 0 fully saturated rings. The summed E-state index contributed by atoms with van der Waals surface area (Å²) in [5, 5.41) is 17.7. The number of nitrogens with one attached hydrogen (secondary N) is 1. The minimum atomic E-state index is -0.844. The third-order valence-electron chi connectivity index (χ3n) is 2.43. The predicted molar refractivity (Wildman–Crippen MR) is 60.5 cm³/mol. The van der Waals surface area contributed by atoms with Gasteiger partial charge in [0.2, 0.25) is 0 Å². The van der Waals surface area contributed by atoms with Crippen LogP contribution in [0.3, 0.4) is 0 Å². The maximum atomic E-state index is 10.2. The molecule has 1 unspecified atom stereocenters. The van der Waals surface area contributed by atoms with E-state index in [1.54, 1.807) is 11.6 Å². The van der Waals surface area contributed by atoms with Crippen LogP contribution in [-0.2, 0) is 12.6 Å². The summed E-state index contributed by atoms with van der Waals surface area (Å²) in [6.45, 7) is 6.78. The number of aromatic nitrogens is 2. The van der Waals surface area contributed by atoms with Crippen LogP contribution in [-0.4, -0.2) is 27.5 Å². The number of hydrogen-bond acceptors (Lipinski definition) is 3. The number of rotatable bonds is 5. The molecule has 1 atom stereocenters. The maximum Gasteiger partial charge on any atom is 0.107 e. The van der Waals surface area contributed by atoms with Crippen molar-refractivity contribution in [2.75, 3.05) is 6.54 Å². The lowest BCUT2D eigenvalue weighted by Crippen LogP contribution is -2.31. The normalized spacial score (nSPS) is 15.6. The second-order valence-electron chi connectivity index (χ2n) is 4.51. The molecule has 0 spiro atoms. The largest absolute Gasteiger partial charge is 0.384 e. The molecular weight excluding hydrogens is 190 g/mol. The van der Waals surface area contributed by atoms with Crippen LogP contribution in [0.15, 0.2) is 12.3 Å². The smallest absolute Gasteiger partial charge is 0.107 e. The molecule has 0 amide bonds. The molecule has 0 saturated heterocycles. The van der Waals surface area contributed by atoms with E-state index in [1.165, 1.54) is 0 Å². The molecule has 1 aromatic rings. The molecule has 0 aliphatic rings. The molecule has 0 aliphatic heterocycles. The van der Waals surface area contributed by atoms with E-state index in [-0.39, 0.29) is 0 Å². The Morgan fingerprint density at radius 2 is 2.27 bits per heavy atom. The van der Waals surface area contributed by atoms with E-state index in [4.69, 9.17) is 0 Å². The van der Waals surface area contributed by atoms with Crippen molar-refractivity contribution < 1.29 is 5.11 Å². The summed E-state index contributed by atoms with van der Waals surface area (Å²) in [4.78, 5) is 0. The number of aryl methyl sites for hydroxylation is 1. The van der Waals surface area contributed by atoms with Gasteiger partial charge in [0.1, 0.15) is 5.60 Å². The van der Waals surface area contributed by atoms with Crippen LogP contribution in [0.4, 0.5) is 0 Å². The van der Waals surface area contributed by atoms with Gasteiger partial charge in [-0.25, -0.2) is 0 Å². The van der Waals surface area contributed by atoms with Crippen LogP contribution in [0.5, 0.6) is 0 Å². The van der Waals surface area contributed by atoms with E-state index in [2.05, 4.69) is 24.3 Å². The van der Waals surface area contributed by atoms with Crippen LogP contribution in [0.1, 0.15) is 32.9 Å². The fraction of sp³-hybridized carbons (Fsp3) is 0.727. The second-order valence-corrected chi connectivity index (χ2v) is 4.51. The highest BCUT2D eigenvalue weighted by atomic mass is 16.3. The molecule has 0 aromatic carbocycles. The van der Waals surface area contributed by atoms with E-state index in [0.717, 1.165) is 12.2 Å². The fourth-order valence-electron chi connectivity index (χ4n) is 1.43. The van der Waals surface area contributed by atoms with Gasteiger partial charge in [0.25, 0.3) is 0 Å². The SMILES string of the molecule is CC(C)NCCC(C)(O)c1ccn(C)n1. The van der Waals surface area contributed by atoms with Gasteiger partial charge in [-0.1, -0.05) is 13.8 Å². The van der Waals surface area contributed by atoms with Gasteiger partial charge in [-0.3, -0.25) is 4.68 Å². The Labute approximate surface area is 91.3 Å². The van der Waals surface area contributed by atoms with E-state index < -0.39 is 5.60 Å². The van der Waals surface area contributed by atoms with Gasteiger partial charge < -0.3 is 10.4 Å². The average Bonchev–Trinajstić information content (AvgIpc) is 2.51. The number of hydrogen-bond donors (Lipinski definition) is 2. The monoisotopic (exact) mass is 211 g/mol. The fourth-order valence-corrected chi connectivity index (χ4v) is 1.43. The summed E-state index contributed by atoms with van der Waals surface area (Å²) in [5.74, 6) is 0. The van der Waals surface area contributed by atoms with Crippen LogP contribution in [0.2, 0.25) is 0 Å². The van der Waals surface area contributed by atoms with Crippen molar-refractivity contribution in [3.05, 3.63) is 18.0 Å². The van der Waals surface area contributed by atoms with Gasteiger partial charge in [0.15, 0.2) is 0 Å². The Morgan fingerprint density at radius 1 is 1.60 bits per heavy atom. The predicted octanol–water partition coefficient (Wildman–Crippen LogP) is 1.02. The third-order valence-corrected chi connectivity index (χ3v) is 2.43. The van der Waals surface area contributed by atoms with Gasteiger partial charge in [-0.05, 0) is 26.0 Å². The minimum absolute atomic E-state index is 0.449. The first-order valence-electron chi connectivity index (χ1n) is 5.38. The van der Waals surface area contributed by atoms with Gasteiger partial charge in [-0.2, -0.15) is 5.10 Å². The molecule has 1 aromatic heterocycles. The van der Waals surface area contributed by atoms with Crippen molar-refractivity contribution >= 4 is 0 Å². The first-order valence-corrected chi connectivity index (χ1v) is 5.38. The van der Waals surface area contributed by atoms with E-state index >= 15 is 0 Å². The van der Waals surface area contributed by atoms with Crippen LogP contribution >= 0.6 is 0 Å². The second kappa shape index (κ2) is 4.77. The lowest BCUT2D eigenvalue weighted by Gasteiger charge is -2.21. The molecule has 1 heterocycles. The molecule has 0 radical (unpaired) electrons. The van der Waals surface area contributed by atoms with Crippen LogP contribution in [0, 0.1) is 0 Å². The summed E-state index contributed by atoms with van der Waals surface area (Å²) in [6, 6.07) is 2.31. The Bertz CT molecular complexity index is 305. The summed E-state index contributed by atoms with van der Waals surface area (Å²) in [7, 11) is 1.85. The molecule has 1 rings (SSSR count). The van der Waals surface area contributed by atoms with Crippen molar-refractivity contribution in [3.8, 4) is 0 Å². The van der Waals surface area contributed by atoms with Crippen molar-refractivity contribution in [2.45, 2.75) is 38.8 Å². The highest BCUT2D eigenvalue weighted by Crippen LogP contribution is 2.21. The topological polar surface area (TPSA) is 50.1 Å². The molecule has 0 saturated carbocycles. The van der Waals surface area contributed by atoms with Gasteiger partial charge in [-0.15, -0.1) is 0 Å². The zero-order valence-corrected chi connectivity index (χ0v) is 9.99. The molecule has 15 heavy (non-hydrogen) atoms. The summed E-state index contributed by atoms with van der Waals surface area (Å²) >= 11 is 0. The van der Waals surface area contributed by atoms with Gasteiger partial charge in [0, 0.05) is 19.3 Å². The molecule has 4 nitrogen and oxygen atoms in total. The summed E-state index contributed by atoms with van der Waals surface area (Å²) in [5.41, 5.74) is -0.112. The van der Waals surface area contributed by atoms with Crippen molar-refractivity contribution in [1.82, 2.24) is 15.1 Å². The Morgan fingerprint density at radius 3 is 2.73 bits per heavy atom. The van der Waals surface area contributed by atoms with Crippen molar-refractivity contribution in [1.29, 1.82) is 0 Å². The standard InChI is InChI=1S/C11H21N3O/c1-9(2)12-7-6-11(3,15)10-5-8-14(4)13-10/h5,8-9,12,15H,6-7H2,1-4H3. The minimum Gasteiger partial charge on any atom is -0.384 e. The zero-order valence-electron chi connectivity index (χ0n) is 9.99. The highest BCUT2D eigenvalue weighted by Gasteiger charge is 2.25. The summed E-state index contributed by atoms with van der Waals surface area (Å²) < 4.78 is 1.71. The maximum absolute atomic E-state index is 10.2. The molecule has 86 valence electrons. The van der Waals surface area contributed by atoms with Gasteiger partial charge in [0.05, 0.1) is 5.69 Å². The average molecular weight is 211 g/mol. The number of nitrogens with zero attached hydrogens (tertiary/aromatic N) is 2. The van der Waals surface area contributed by atoms with E-state index in [1.807, 2.05) is 19.3 Å². The Kier molecular flexibility index (Phi) is 3.88. The molecule has 4 heteroatoms. The van der Waals surface area contributed by atoms with E-state index in [9.17, 15) is 5.11 Å². The molecule has 0 bridgehead atoms. The third kappa shape index (κ3) is 3.64. The number of aliphatic hydroxyl groups is 1. The first kappa shape index (κ1) is 12.2. The van der Waals surface area contributed by atoms with Gasteiger partial charge >= 0.3 is 0 Å². The van der Waals surface area contributed by atoms with Crippen molar-refractivity contribution in [3.63, 3.8) is 0 Å². The molecule has 0 aliphatic carbocycles. The zero-order chi connectivity index (χ0) is 11.5.